The second kappa shape index (κ2) is 6.87. The first kappa shape index (κ1) is 18.2. The molecule has 30 heavy (non-hydrogen) atoms. The lowest BCUT2D eigenvalue weighted by Crippen LogP contribution is -2.14. The molecule has 0 saturated carbocycles. The quantitative estimate of drug-likeness (QED) is 0.598. The molecule has 154 valence electrons. The molecule has 2 aromatic rings. The van der Waals surface area contributed by atoms with E-state index in [2.05, 4.69) is 0 Å². The minimum atomic E-state index is -0.821. The molecule has 9 heteroatoms. The minimum Gasteiger partial charge on any atom is -0.508 e. The van der Waals surface area contributed by atoms with Gasteiger partial charge in [-0.05, 0) is 23.8 Å². The average molecular weight is 412 g/mol. The first-order chi connectivity index (χ1) is 14.5. The molecule has 9 nitrogen and oxygen atoms in total. The lowest BCUT2D eigenvalue weighted by atomic mass is 9.83. The van der Waals surface area contributed by atoms with Crippen LogP contribution in [0.15, 0.2) is 41.7 Å². The second-order valence-corrected chi connectivity index (χ2v) is 6.82. The number of rotatable bonds is 4. The predicted octanol–water partition coefficient (Wildman–Crippen LogP) is 2.57. The molecule has 0 bridgehead atoms. The molecule has 0 aliphatic carbocycles. The smallest absolute Gasteiger partial charge is 0.338 e. The molecule has 5 rings (SSSR count). The van der Waals surface area contributed by atoms with Gasteiger partial charge >= 0.3 is 11.9 Å². The molecular weight excluding hydrogens is 396 g/mol. The third kappa shape index (κ3) is 2.95. The SMILES string of the molecule is CC(=O)Oc1cc2c(cc1[C@@H](C1=C(O)COC1=O)c1ccc3c(c1)OCO3)OCO2. The van der Waals surface area contributed by atoms with Crippen LogP contribution in [-0.4, -0.2) is 37.2 Å². The Hall–Kier alpha value is -3.88. The Bertz CT molecular complexity index is 1100. The molecule has 0 amide bonds. The van der Waals surface area contributed by atoms with Crippen LogP contribution in [0.1, 0.15) is 24.0 Å². The highest BCUT2D eigenvalue weighted by molar-refractivity contribution is 5.94. The summed E-state index contributed by atoms with van der Waals surface area (Å²) in [5.41, 5.74) is 1.07. The van der Waals surface area contributed by atoms with Crippen molar-refractivity contribution in [2.24, 2.45) is 0 Å². The number of aliphatic hydroxyl groups is 1. The molecule has 2 aromatic carbocycles. The van der Waals surface area contributed by atoms with E-state index < -0.39 is 17.9 Å². The number of benzene rings is 2. The van der Waals surface area contributed by atoms with Crippen molar-refractivity contribution in [2.45, 2.75) is 12.8 Å². The molecule has 0 unspecified atom stereocenters. The summed E-state index contributed by atoms with van der Waals surface area (Å²) in [5.74, 6) is -0.158. The van der Waals surface area contributed by atoms with E-state index in [1.165, 1.54) is 13.0 Å². The zero-order chi connectivity index (χ0) is 20.8. The highest BCUT2D eigenvalue weighted by atomic mass is 16.7. The van der Waals surface area contributed by atoms with E-state index in [1.807, 2.05) is 0 Å². The van der Waals surface area contributed by atoms with Gasteiger partial charge in [-0.15, -0.1) is 0 Å². The molecule has 1 N–H and O–H groups in total. The van der Waals surface area contributed by atoms with Crippen LogP contribution in [0.25, 0.3) is 0 Å². The number of cyclic esters (lactones) is 1. The van der Waals surface area contributed by atoms with Gasteiger partial charge in [-0.25, -0.2) is 4.79 Å². The Labute approximate surface area is 170 Å². The zero-order valence-electron chi connectivity index (χ0n) is 15.8. The summed E-state index contributed by atoms with van der Waals surface area (Å²) in [7, 11) is 0. The Morgan fingerprint density at radius 3 is 2.30 bits per heavy atom. The first-order valence-electron chi connectivity index (χ1n) is 9.12. The number of ether oxygens (including phenoxy) is 6. The lowest BCUT2D eigenvalue weighted by Gasteiger charge is -2.21. The number of hydrogen-bond acceptors (Lipinski definition) is 9. The van der Waals surface area contributed by atoms with Gasteiger partial charge in [-0.1, -0.05) is 6.07 Å². The predicted molar refractivity (Wildman–Crippen MR) is 98.9 cm³/mol. The van der Waals surface area contributed by atoms with Crippen LogP contribution in [0, 0.1) is 0 Å². The molecule has 0 saturated heterocycles. The molecule has 1 atom stereocenters. The van der Waals surface area contributed by atoms with Crippen molar-refractivity contribution in [1.29, 1.82) is 0 Å². The normalized spacial score (nSPS) is 17.2. The summed E-state index contributed by atoms with van der Waals surface area (Å²) in [6.45, 7) is 1.14. The van der Waals surface area contributed by atoms with Gasteiger partial charge in [-0.3, -0.25) is 4.79 Å². The summed E-state index contributed by atoms with van der Waals surface area (Å²) in [5, 5.41) is 10.4. The Balaban J connectivity index is 1.72. The molecular formula is C21H16O9. The van der Waals surface area contributed by atoms with Crippen LogP contribution in [0.3, 0.4) is 0 Å². The summed E-state index contributed by atoms with van der Waals surface area (Å²) in [6.07, 6.45) is 0. The van der Waals surface area contributed by atoms with Crippen LogP contribution in [0.5, 0.6) is 28.7 Å². The minimum absolute atomic E-state index is 0.0168. The number of fused-ring (bicyclic) bond motifs is 2. The number of carbonyl (C=O) groups is 2. The van der Waals surface area contributed by atoms with Crippen molar-refractivity contribution in [2.75, 3.05) is 20.2 Å². The fourth-order valence-corrected chi connectivity index (χ4v) is 3.69. The van der Waals surface area contributed by atoms with E-state index in [-0.39, 0.29) is 37.3 Å². The van der Waals surface area contributed by atoms with Crippen molar-refractivity contribution in [3.8, 4) is 28.7 Å². The topological polar surface area (TPSA) is 110 Å². The fourth-order valence-electron chi connectivity index (χ4n) is 3.69. The highest BCUT2D eigenvalue weighted by Gasteiger charge is 2.37. The zero-order valence-corrected chi connectivity index (χ0v) is 15.8. The van der Waals surface area contributed by atoms with E-state index in [9.17, 15) is 14.7 Å². The highest BCUT2D eigenvalue weighted by Crippen LogP contribution is 2.47. The van der Waals surface area contributed by atoms with Crippen molar-refractivity contribution < 1.29 is 43.1 Å². The number of esters is 2. The molecule has 3 aliphatic rings. The Morgan fingerprint density at radius 2 is 1.63 bits per heavy atom. The molecule has 3 aliphatic heterocycles. The molecule has 0 spiro atoms. The monoisotopic (exact) mass is 412 g/mol. The molecule has 0 radical (unpaired) electrons. The van der Waals surface area contributed by atoms with Crippen molar-refractivity contribution in [3.63, 3.8) is 0 Å². The molecule has 0 fully saturated rings. The van der Waals surface area contributed by atoms with Crippen LogP contribution in [0.4, 0.5) is 0 Å². The number of carbonyl (C=O) groups excluding carboxylic acids is 2. The maximum Gasteiger partial charge on any atom is 0.338 e. The van der Waals surface area contributed by atoms with E-state index >= 15 is 0 Å². The van der Waals surface area contributed by atoms with E-state index in [1.54, 1.807) is 24.3 Å². The van der Waals surface area contributed by atoms with Crippen LogP contribution in [-0.2, 0) is 14.3 Å². The van der Waals surface area contributed by atoms with Crippen LogP contribution in [0.2, 0.25) is 0 Å². The van der Waals surface area contributed by atoms with Gasteiger partial charge in [0.1, 0.15) is 18.1 Å². The number of hydrogen-bond donors (Lipinski definition) is 1. The maximum absolute atomic E-state index is 12.5. The van der Waals surface area contributed by atoms with Gasteiger partial charge in [-0.2, -0.15) is 0 Å². The largest absolute Gasteiger partial charge is 0.508 e. The third-order valence-corrected chi connectivity index (χ3v) is 4.96. The summed E-state index contributed by atoms with van der Waals surface area (Å²) >= 11 is 0. The summed E-state index contributed by atoms with van der Waals surface area (Å²) in [6, 6.07) is 8.31. The average Bonchev–Trinajstić information content (AvgIpc) is 3.43. The summed E-state index contributed by atoms with van der Waals surface area (Å²) in [4.78, 5) is 24.3. The van der Waals surface area contributed by atoms with E-state index in [0.717, 1.165) is 0 Å². The fraction of sp³-hybridized carbons (Fsp3) is 0.238. The van der Waals surface area contributed by atoms with Crippen molar-refractivity contribution in [3.05, 3.63) is 52.8 Å². The Kier molecular flexibility index (Phi) is 4.16. The standard InChI is InChI=1S/C21H16O9/c1-10(22)30-15-6-18-17(28-9-29-18)5-12(15)19(20-13(23)7-25-21(20)24)11-2-3-14-16(4-11)27-8-26-14/h2-6,19,23H,7-9H2,1H3/t19-/m0/s1. The number of aliphatic hydroxyl groups excluding tert-OH is 1. The van der Waals surface area contributed by atoms with E-state index in [0.29, 0.717) is 34.1 Å². The van der Waals surface area contributed by atoms with Gasteiger partial charge in [0.05, 0.1) is 5.57 Å². The maximum atomic E-state index is 12.5. The third-order valence-electron chi connectivity index (χ3n) is 4.96. The second-order valence-electron chi connectivity index (χ2n) is 6.82. The van der Waals surface area contributed by atoms with Gasteiger partial charge in [0.25, 0.3) is 0 Å². The van der Waals surface area contributed by atoms with Gasteiger partial charge < -0.3 is 33.5 Å². The van der Waals surface area contributed by atoms with Crippen molar-refractivity contribution in [1.82, 2.24) is 0 Å². The molecule has 0 aromatic heterocycles. The van der Waals surface area contributed by atoms with Gasteiger partial charge in [0.2, 0.25) is 13.6 Å². The summed E-state index contributed by atoms with van der Waals surface area (Å²) < 4.78 is 32.1. The Morgan fingerprint density at radius 1 is 0.967 bits per heavy atom. The first-order valence-corrected chi connectivity index (χ1v) is 9.12. The van der Waals surface area contributed by atoms with Crippen LogP contribution >= 0.6 is 0 Å². The van der Waals surface area contributed by atoms with Gasteiger partial charge in [0, 0.05) is 24.5 Å². The van der Waals surface area contributed by atoms with Gasteiger partial charge in [0.15, 0.2) is 23.0 Å². The van der Waals surface area contributed by atoms with E-state index in [4.69, 9.17) is 28.4 Å². The van der Waals surface area contributed by atoms with Crippen LogP contribution < -0.4 is 23.7 Å². The molecule has 3 heterocycles. The lowest BCUT2D eigenvalue weighted by molar-refractivity contribution is -0.136. The van der Waals surface area contributed by atoms with Crippen molar-refractivity contribution >= 4 is 11.9 Å².